The minimum Gasteiger partial charge on any atom is -0.451 e. The summed E-state index contributed by atoms with van der Waals surface area (Å²) < 4.78 is 24.3. The van der Waals surface area contributed by atoms with Gasteiger partial charge in [0.15, 0.2) is 5.76 Å². The second-order valence-corrected chi connectivity index (χ2v) is 6.78. The van der Waals surface area contributed by atoms with Gasteiger partial charge in [0.25, 0.3) is 5.91 Å². The topological polar surface area (TPSA) is 51.5 Å². The van der Waals surface area contributed by atoms with E-state index >= 15 is 0 Å². The van der Waals surface area contributed by atoms with Crippen LogP contribution in [0.5, 0.6) is 0 Å². The van der Waals surface area contributed by atoms with E-state index in [4.69, 9.17) is 9.15 Å². The molecule has 1 aliphatic carbocycles. The molecule has 2 aromatic carbocycles. The van der Waals surface area contributed by atoms with Crippen molar-refractivity contribution in [1.82, 2.24) is 0 Å². The van der Waals surface area contributed by atoms with Crippen LogP contribution in [0.25, 0.3) is 11.3 Å². The van der Waals surface area contributed by atoms with E-state index in [9.17, 15) is 9.18 Å². The van der Waals surface area contributed by atoms with Crippen molar-refractivity contribution in [3.05, 3.63) is 77.8 Å². The largest absolute Gasteiger partial charge is 0.451 e. The first-order chi connectivity index (χ1) is 13.2. The summed E-state index contributed by atoms with van der Waals surface area (Å²) >= 11 is 0. The lowest BCUT2D eigenvalue weighted by atomic mass is 10.2. The van der Waals surface area contributed by atoms with Crippen LogP contribution >= 0.6 is 0 Å². The first-order valence-electron chi connectivity index (χ1n) is 9.01. The summed E-state index contributed by atoms with van der Waals surface area (Å²) in [6, 6.07) is 16.8. The molecule has 1 heterocycles. The normalized spacial score (nSPS) is 13.5. The second-order valence-electron chi connectivity index (χ2n) is 6.78. The molecule has 1 amide bonds. The Kier molecular flexibility index (Phi) is 5.03. The van der Waals surface area contributed by atoms with Crippen molar-refractivity contribution in [1.29, 1.82) is 0 Å². The SMILES string of the molecule is O=C(Nc1cccc(COCC2CC2)c1)c1ccc(-c2ccc(F)cc2)o1. The number of carbonyl (C=O) groups is 1. The summed E-state index contributed by atoms with van der Waals surface area (Å²) in [5.74, 6) is 0.790. The van der Waals surface area contributed by atoms with E-state index in [0.717, 1.165) is 18.1 Å². The molecule has 4 rings (SSSR count). The van der Waals surface area contributed by atoms with Crippen LogP contribution in [-0.2, 0) is 11.3 Å². The molecule has 0 spiro atoms. The Labute approximate surface area is 157 Å². The molecule has 4 nitrogen and oxygen atoms in total. The number of carbonyl (C=O) groups excluding carboxylic acids is 1. The van der Waals surface area contributed by atoms with E-state index in [2.05, 4.69) is 5.32 Å². The molecule has 0 saturated heterocycles. The summed E-state index contributed by atoms with van der Waals surface area (Å²) in [6.45, 7) is 1.34. The summed E-state index contributed by atoms with van der Waals surface area (Å²) in [4.78, 5) is 12.4. The van der Waals surface area contributed by atoms with Crippen LogP contribution in [-0.4, -0.2) is 12.5 Å². The maximum atomic E-state index is 13.0. The van der Waals surface area contributed by atoms with Crippen LogP contribution in [0.4, 0.5) is 10.1 Å². The third-order valence-corrected chi connectivity index (χ3v) is 4.46. The maximum Gasteiger partial charge on any atom is 0.291 e. The highest BCUT2D eigenvalue weighted by atomic mass is 19.1. The average molecular weight is 365 g/mol. The molecule has 0 atom stereocenters. The number of rotatable bonds is 7. The zero-order chi connectivity index (χ0) is 18.6. The van der Waals surface area contributed by atoms with Crippen molar-refractivity contribution in [3.8, 4) is 11.3 Å². The van der Waals surface area contributed by atoms with E-state index in [1.54, 1.807) is 24.3 Å². The molecular weight excluding hydrogens is 345 g/mol. The van der Waals surface area contributed by atoms with Gasteiger partial charge in [-0.05, 0) is 72.9 Å². The lowest BCUT2D eigenvalue weighted by Crippen LogP contribution is -2.11. The molecule has 0 aliphatic heterocycles. The molecule has 1 aromatic heterocycles. The highest BCUT2D eigenvalue weighted by Crippen LogP contribution is 2.29. The van der Waals surface area contributed by atoms with Gasteiger partial charge in [0, 0.05) is 17.9 Å². The molecule has 0 unspecified atom stereocenters. The molecule has 5 heteroatoms. The second kappa shape index (κ2) is 7.76. The maximum absolute atomic E-state index is 13.0. The number of furan rings is 1. The number of nitrogens with one attached hydrogen (secondary N) is 1. The van der Waals surface area contributed by atoms with Crippen LogP contribution in [0.15, 0.2) is 65.1 Å². The number of halogens is 1. The van der Waals surface area contributed by atoms with Crippen LogP contribution in [0.1, 0.15) is 29.0 Å². The number of benzene rings is 2. The van der Waals surface area contributed by atoms with Gasteiger partial charge in [0.05, 0.1) is 6.61 Å². The Morgan fingerprint density at radius 2 is 1.93 bits per heavy atom. The van der Waals surface area contributed by atoms with Gasteiger partial charge in [0.2, 0.25) is 0 Å². The first-order valence-corrected chi connectivity index (χ1v) is 9.01. The summed E-state index contributed by atoms with van der Waals surface area (Å²) in [5.41, 5.74) is 2.41. The predicted octanol–water partition coefficient (Wildman–Crippen LogP) is 5.26. The van der Waals surface area contributed by atoms with Crippen LogP contribution in [0.2, 0.25) is 0 Å². The molecule has 1 aliphatic rings. The molecule has 0 radical (unpaired) electrons. The molecule has 1 saturated carbocycles. The van der Waals surface area contributed by atoms with E-state index < -0.39 is 0 Å². The quantitative estimate of drug-likeness (QED) is 0.621. The van der Waals surface area contributed by atoms with E-state index in [-0.39, 0.29) is 17.5 Å². The van der Waals surface area contributed by atoms with Crippen molar-refractivity contribution in [3.63, 3.8) is 0 Å². The van der Waals surface area contributed by atoms with Gasteiger partial charge >= 0.3 is 0 Å². The molecule has 138 valence electrons. The van der Waals surface area contributed by atoms with Crippen LogP contribution in [0, 0.1) is 11.7 Å². The van der Waals surface area contributed by atoms with Gasteiger partial charge in [-0.2, -0.15) is 0 Å². The number of hydrogen-bond donors (Lipinski definition) is 1. The number of amides is 1. The monoisotopic (exact) mass is 365 g/mol. The Morgan fingerprint density at radius 3 is 2.70 bits per heavy atom. The molecule has 1 N–H and O–H groups in total. The third kappa shape index (κ3) is 4.63. The zero-order valence-electron chi connectivity index (χ0n) is 14.8. The van der Waals surface area contributed by atoms with E-state index in [0.29, 0.717) is 23.6 Å². The van der Waals surface area contributed by atoms with Crippen molar-refractivity contribution in [2.45, 2.75) is 19.4 Å². The van der Waals surface area contributed by atoms with Gasteiger partial charge in [-0.1, -0.05) is 12.1 Å². The number of ether oxygens (including phenoxy) is 1. The van der Waals surface area contributed by atoms with Crippen molar-refractivity contribution < 1.29 is 18.3 Å². The highest BCUT2D eigenvalue weighted by Gasteiger charge is 2.21. The zero-order valence-corrected chi connectivity index (χ0v) is 14.8. The Bertz CT molecular complexity index is 929. The third-order valence-electron chi connectivity index (χ3n) is 4.46. The van der Waals surface area contributed by atoms with Gasteiger partial charge < -0.3 is 14.5 Å². The number of anilines is 1. The predicted molar refractivity (Wildman–Crippen MR) is 101 cm³/mol. The van der Waals surface area contributed by atoms with Crippen molar-refractivity contribution >= 4 is 11.6 Å². The summed E-state index contributed by atoms with van der Waals surface area (Å²) in [6.07, 6.45) is 2.53. The summed E-state index contributed by atoms with van der Waals surface area (Å²) in [7, 11) is 0. The standard InChI is InChI=1S/C22H20FNO3/c23-18-8-6-17(7-9-18)20-10-11-21(27-20)22(25)24-19-3-1-2-16(12-19)14-26-13-15-4-5-15/h1-3,6-12,15H,4-5,13-14H2,(H,24,25). The average Bonchev–Trinajstić information content (AvgIpc) is 3.36. The number of hydrogen-bond acceptors (Lipinski definition) is 3. The fraction of sp³-hybridized carbons (Fsp3) is 0.227. The van der Waals surface area contributed by atoms with Crippen LogP contribution < -0.4 is 5.32 Å². The highest BCUT2D eigenvalue weighted by molar-refractivity contribution is 6.02. The Balaban J connectivity index is 1.39. The molecule has 3 aromatic rings. The lowest BCUT2D eigenvalue weighted by molar-refractivity contribution is 0.0997. The molecule has 1 fully saturated rings. The fourth-order valence-corrected chi connectivity index (χ4v) is 2.79. The Morgan fingerprint density at radius 1 is 1.11 bits per heavy atom. The molecule has 0 bridgehead atoms. The van der Waals surface area contributed by atoms with Crippen LogP contribution in [0.3, 0.4) is 0 Å². The first kappa shape index (κ1) is 17.5. The van der Waals surface area contributed by atoms with Crippen molar-refractivity contribution in [2.24, 2.45) is 5.92 Å². The Hall–Kier alpha value is -2.92. The minimum absolute atomic E-state index is 0.199. The van der Waals surface area contributed by atoms with Crippen molar-refractivity contribution in [2.75, 3.05) is 11.9 Å². The summed E-state index contributed by atoms with van der Waals surface area (Å²) in [5, 5.41) is 2.84. The van der Waals surface area contributed by atoms with E-state index in [1.165, 1.54) is 25.0 Å². The van der Waals surface area contributed by atoms with Gasteiger partial charge in [-0.15, -0.1) is 0 Å². The van der Waals surface area contributed by atoms with Gasteiger partial charge in [-0.25, -0.2) is 4.39 Å². The fourth-order valence-electron chi connectivity index (χ4n) is 2.79. The van der Waals surface area contributed by atoms with E-state index in [1.807, 2.05) is 24.3 Å². The van der Waals surface area contributed by atoms with Gasteiger partial charge in [0.1, 0.15) is 11.6 Å². The van der Waals surface area contributed by atoms with Gasteiger partial charge in [-0.3, -0.25) is 4.79 Å². The lowest BCUT2D eigenvalue weighted by Gasteiger charge is -2.07. The minimum atomic E-state index is -0.334. The molecular formula is C22H20FNO3. The molecule has 27 heavy (non-hydrogen) atoms. The smallest absolute Gasteiger partial charge is 0.291 e.